The first-order valence-electron chi connectivity index (χ1n) is 4.68. The number of hydrogen-bond donors (Lipinski definition) is 0. The molecule has 0 N–H and O–H groups in total. The fraction of sp³-hybridized carbons (Fsp3) is 0.182. The molecular formula is C11H7F4NS. The van der Waals surface area contributed by atoms with E-state index in [2.05, 4.69) is 4.98 Å². The van der Waals surface area contributed by atoms with Crippen molar-refractivity contribution in [2.24, 2.45) is 0 Å². The van der Waals surface area contributed by atoms with Crippen molar-refractivity contribution in [3.63, 3.8) is 0 Å². The Kier molecular flexibility index (Phi) is 2.91. The van der Waals surface area contributed by atoms with E-state index in [1.165, 1.54) is 18.3 Å². The molecule has 0 aliphatic heterocycles. The third-order valence-corrected chi connectivity index (χ3v) is 3.10. The minimum atomic E-state index is -4.69. The number of hydrogen-bond acceptors (Lipinski definition) is 2. The van der Waals surface area contributed by atoms with Crippen molar-refractivity contribution in [2.45, 2.75) is 13.1 Å². The molecule has 0 aliphatic carbocycles. The van der Waals surface area contributed by atoms with Gasteiger partial charge in [0.1, 0.15) is 10.8 Å². The molecule has 0 bridgehead atoms. The SMILES string of the molecule is Cc1cnc(-c2cccc(C(F)(F)F)c2F)s1. The molecule has 0 fully saturated rings. The standard InChI is InChI=1S/C11H7F4NS/c1-6-5-16-10(17-6)7-3-2-4-8(9(7)12)11(13,14)15/h2-5H,1H3. The van der Waals surface area contributed by atoms with Crippen molar-refractivity contribution >= 4 is 11.3 Å². The summed E-state index contributed by atoms with van der Waals surface area (Å²) < 4.78 is 51.2. The minimum Gasteiger partial charge on any atom is -0.244 e. The van der Waals surface area contributed by atoms with E-state index < -0.39 is 17.6 Å². The summed E-state index contributed by atoms with van der Waals surface area (Å²) in [6, 6.07) is 3.19. The van der Waals surface area contributed by atoms with Crippen LogP contribution in [-0.2, 0) is 6.18 Å². The summed E-state index contributed by atoms with van der Waals surface area (Å²) in [5.41, 5.74) is -1.37. The molecule has 1 aromatic heterocycles. The Balaban J connectivity index is 2.57. The summed E-state index contributed by atoms with van der Waals surface area (Å²) in [6.45, 7) is 1.76. The summed E-state index contributed by atoms with van der Waals surface area (Å²) in [4.78, 5) is 4.70. The van der Waals surface area contributed by atoms with E-state index in [0.29, 0.717) is 0 Å². The normalized spacial score (nSPS) is 11.8. The van der Waals surface area contributed by atoms with E-state index in [9.17, 15) is 17.6 Å². The lowest BCUT2D eigenvalue weighted by atomic mass is 10.1. The Morgan fingerprint density at radius 2 is 1.94 bits per heavy atom. The van der Waals surface area contributed by atoms with Crippen LogP contribution in [0.5, 0.6) is 0 Å². The summed E-state index contributed by atoms with van der Waals surface area (Å²) in [5.74, 6) is -1.27. The maximum absolute atomic E-state index is 13.7. The molecule has 17 heavy (non-hydrogen) atoms. The molecular weight excluding hydrogens is 254 g/mol. The zero-order valence-corrected chi connectivity index (χ0v) is 9.49. The van der Waals surface area contributed by atoms with Gasteiger partial charge < -0.3 is 0 Å². The molecule has 6 heteroatoms. The molecule has 0 spiro atoms. The van der Waals surface area contributed by atoms with E-state index in [1.54, 1.807) is 6.92 Å². The molecule has 0 unspecified atom stereocenters. The van der Waals surface area contributed by atoms with Gasteiger partial charge in [0, 0.05) is 16.6 Å². The molecule has 0 saturated carbocycles. The average Bonchev–Trinajstić information content (AvgIpc) is 2.63. The van der Waals surface area contributed by atoms with Crippen LogP contribution < -0.4 is 0 Å². The van der Waals surface area contributed by atoms with E-state index in [0.717, 1.165) is 22.3 Å². The van der Waals surface area contributed by atoms with Gasteiger partial charge in [-0.3, -0.25) is 0 Å². The van der Waals surface area contributed by atoms with Crippen LogP contribution >= 0.6 is 11.3 Å². The second-order valence-corrected chi connectivity index (χ2v) is 4.68. The summed E-state index contributed by atoms with van der Waals surface area (Å²) in [5, 5.41) is 0.256. The van der Waals surface area contributed by atoms with E-state index >= 15 is 0 Å². The van der Waals surface area contributed by atoms with Crippen LogP contribution in [0.3, 0.4) is 0 Å². The smallest absolute Gasteiger partial charge is 0.244 e. The number of halogens is 4. The summed E-state index contributed by atoms with van der Waals surface area (Å²) in [7, 11) is 0. The molecule has 0 radical (unpaired) electrons. The van der Waals surface area contributed by atoms with E-state index in [4.69, 9.17) is 0 Å². The first-order valence-corrected chi connectivity index (χ1v) is 5.50. The molecule has 0 aliphatic rings. The fourth-order valence-electron chi connectivity index (χ4n) is 1.40. The van der Waals surface area contributed by atoms with Gasteiger partial charge in [-0.25, -0.2) is 9.37 Å². The quantitative estimate of drug-likeness (QED) is 0.698. The van der Waals surface area contributed by atoms with Crippen molar-refractivity contribution in [3.8, 4) is 10.6 Å². The van der Waals surface area contributed by atoms with Gasteiger partial charge in [0.05, 0.1) is 5.56 Å². The van der Waals surface area contributed by atoms with Gasteiger partial charge in [0.25, 0.3) is 0 Å². The molecule has 90 valence electrons. The number of benzene rings is 1. The van der Waals surface area contributed by atoms with Gasteiger partial charge in [-0.05, 0) is 19.1 Å². The highest BCUT2D eigenvalue weighted by atomic mass is 32.1. The highest BCUT2D eigenvalue weighted by molar-refractivity contribution is 7.14. The summed E-state index contributed by atoms with van der Waals surface area (Å²) >= 11 is 1.16. The Morgan fingerprint density at radius 1 is 1.24 bits per heavy atom. The Bertz CT molecular complexity index is 545. The lowest BCUT2D eigenvalue weighted by Gasteiger charge is -2.09. The highest BCUT2D eigenvalue weighted by Crippen LogP contribution is 2.36. The van der Waals surface area contributed by atoms with Gasteiger partial charge in [0.15, 0.2) is 0 Å². The van der Waals surface area contributed by atoms with Crippen LogP contribution in [0.2, 0.25) is 0 Å². The van der Waals surface area contributed by atoms with Crippen LogP contribution in [0.1, 0.15) is 10.4 Å². The second-order valence-electron chi connectivity index (χ2n) is 3.44. The largest absolute Gasteiger partial charge is 0.419 e. The van der Waals surface area contributed by atoms with Crippen LogP contribution in [0.25, 0.3) is 10.6 Å². The van der Waals surface area contributed by atoms with Crippen LogP contribution in [-0.4, -0.2) is 4.98 Å². The van der Waals surface area contributed by atoms with E-state index in [1.807, 2.05) is 0 Å². The molecule has 2 rings (SSSR count). The van der Waals surface area contributed by atoms with Crippen molar-refractivity contribution in [1.82, 2.24) is 4.98 Å². The topological polar surface area (TPSA) is 12.9 Å². The number of aryl methyl sites for hydroxylation is 1. The maximum Gasteiger partial charge on any atom is 0.419 e. The molecule has 1 nitrogen and oxygen atoms in total. The van der Waals surface area contributed by atoms with Gasteiger partial charge >= 0.3 is 6.18 Å². The molecule has 0 atom stereocenters. The van der Waals surface area contributed by atoms with Crippen LogP contribution in [0.4, 0.5) is 17.6 Å². The van der Waals surface area contributed by atoms with Gasteiger partial charge in [-0.15, -0.1) is 11.3 Å². The summed E-state index contributed by atoms with van der Waals surface area (Å²) in [6.07, 6.45) is -3.19. The Labute approximate surface area is 98.7 Å². The molecule has 1 heterocycles. The first kappa shape index (κ1) is 12.0. The minimum absolute atomic E-state index is 0.113. The first-order chi connectivity index (χ1) is 7.89. The monoisotopic (exact) mass is 261 g/mol. The molecule has 0 amide bonds. The van der Waals surface area contributed by atoms with Crippen molar-refractivity contribution in [3.05, 3.63) is 40.7 Å². The van der Waals surface area contributed by atoms with Crippen molar-refractivity contribution in [1.29, 1.82) is 0 Å². The third kappa shape index (κ3) is 2.31. The maximum atomic E-state index is 13.7. The lowest BCUT2D eigenvalue weighted by molar-refractivity contribution is -0.139. The number of rotatable bonds is 1. The molecule has 1 aromatic carbocycles. The molecule has 0 saturated heterocycles. The number of alkyl halides is 3. The van der Waals surface area contributed by atoms with E-state index in [-0.39, 0.29) is 10.6 Å². The van der Waals surface area contributed by atoms with Gasteiger partial charge in [0.2, 0.25) is 0 Å². The highest BCUT2D eigenvalue weighted by Gasteiger charge is 2.35. The second kappa shape index (κ2) is 4.10. The molecule has 2 aromatic rings. The average molecular weight is 261 g/mol. The van der Waals surface area contributed by atoms with Crippen molar-refractivity contribution in [2.75, 3.05) is 0 Å². The van der Waals surface area contributed by atoms with Gasteiger partial charge in [-0.2, -0.15) is 13.2 Å². The van der Waals surface area contributed by atoms with Gasteiger partial charge in [-0.1, -0.05) is 6.07 Å². The van der Waals surface area contributed by atoms with Crippen LogP contribution in [0.15, 0.2) is 24.4 Å². The Hall–Kier alpha value is -1.43. The predicted octanol–water partition coefficient (Wildman–Crippen LogP) is 4.28. The van der Waals surface area contributed by atoms with Crippen LogP contribution in [0, 0.1) is 12.7 Å². The third-order valence-electron chi connectivity index (χ3n) is 2.16. The zero-order chi connectivity index (χ0) is 12.6. The zero-order valence-electron chi connectivity index (χ0n) is 8.68. The number of aromatic nitrogens is 1. The Morgan fingerprint density at radius 3 is 2.47 bits per heavy atom. The number of nitrogens with zero attached hydrogens (tertiary/aromatic N) is 1. The van der Waals surface area contributed by atoms with Crippen molar-refractivity contribution < 1.29 is 17.6 Å². The predicted molar refractivity (Wildman–Crippen MR) is 57.2 cm³/mol. The number of thiazole rings is 1. The fourth-order valence-corrected chi connectivity index (χ4v) is 2.18. The lowest BCUT2D eigenvalue weighted by Crippen LogP contribution is -2.08.